The summed E-state index contributed by atoms with van der Waals surface area (Å²) in [6.07, 6.45) is 0. The van der Waals surface area contributed by atoms with Crippen LogP contribution in [0.3, 0.4) is 0 Å². The molecule has 6 heteroatoms. The van der Waals surface area contributed by atoms with Crippen LogP contribution >= 0.6 is 11.6 Å². The first-order valence-electron chi connectivity index (χ1n) is 5.21. The van der Waals surface area contributed by atoms with Gasteiger partial charge in [0.2, 0.25) is 5.91 Å². The first-order chi connectivity index (χ1) is 7.56. The van der Waals surface area contributed by atoms with Crippen LogP contribution in [-0.4, -0.2) is 28.8 Å². The van der Waals surface area contributed by atoms with Gasteiger partial charge in [0, 0.05) is 20.1 Å². The molecule has 0 saturated carbocycles. The largest absolute Gasteiger partial charge is 0.355 e. The molecule has 0 bridgehead atoms. The van der Waals surface area contributed by atoms with E-state index in [1.807, 2.05) is 20.9 Å². The summed E-state index contributed by atoms with van der Waals surface area (Å²) in [7, 11) is 1.84. The molecule has 1 heterocycles. The molecule has 0 atom stereocenters. The Hall–Kier alpha value is -1.07. The first kappa shape index (κ1) is 13.0. The lowest BCUT2D eigenvalue weighted by molar-refractivity contribution is -0.120. The molecular weight excluding hydrogens is 228 g/mol. The summed E-state index contributed by atoms with van der Waals surface area (Å²) < 4.78 is 1.72. The van der Waals surface area contributed by atoms with Crippen LogP contribution in [0.1, 0.15) is 18.3 Å². The van der Waals surface area contributed by atoms with E-state index >= 15 is 0 Å². The molecule has 1 rings (SSSR count). The van der Waals surface area contributed by atoms with Gasteiger partial charge in [-0.1, -0.05) is 11.6 Å². The highest BCUT2D eigenvalue weighted by Gasteiger charge is 2.10. The molecule has 5 nitrogen and oxygen atoms in total. The molecule has 2 N–H and O–H groups in total. The molecule has 0 fully saturated rings. The molecule has 0 aromatic carbocycles. The maximum Gasteiger partial charge on any atom is 0.233 e. The molecule has 0 unspecified atom stereocenters. The van der Waals surface area contributed by atoms with Crippen molar-refractivity contribution in [3.63, 3.8) is 0 Å². The van der Waals surface area contributed by atoms with Gasteiger partial charge in [-0.3, -0.25) is 9.48 Å². The minimum atomic E-state index is -0.0162. The molecule has 0 saturated heterocycles. The minimum absolute atomic E-state index is 0.0162. The van der Waals surface area contributed by atoms with Crippen molar-refractivity contribution in [2.24, 2.45) is 7.05 Å². The standard InChI is InChI=1S/C10H17ClN4O/c1-4-13-9(16)6-12-5-8-10(11)7(2)14-15(8)3/h12H,4-6H2,1-3H3,(H,13,16). The van der Waals surface area contributed by atoms with E-state index in [2.05, 4.69) is 15.7 Å². The van der Waals surface area contributed by atoms with Crippen molar-refractivity contribution in [3.8, 4) is 0 Å². The summed E-state index contributed by atoms with van der Waals surface area (Å²) in [5.74, 6) is -0.0162. The van der Waals surface area contributed by atoms with Gasteiger partial charge in [-0.25, -0.2) is 0 Å². The second kappa shape index (κ2) is 5.86. The number of rotatable bonds is 5. The average molecular weight is 245 g/mol. The predicted octanol–water partition coefficient (Wildman–Crippen LogP) is 0.608. The van der Waals surface area contributed by atoms with E-state index in [9.17, 15) is 4.79 Å². The smallest absolute Gasteiger partial charge is 0.233 e. The normalized spacial score (nSPS) is 10.5. The number of aryl methyl sites for hydroxylation is 2. The average Bonchev–Trinajstić information content (AvgIpc) is 2.45. The topological polar surface area (TPSA) is 59.0 Å². The SMILES string of the molecule is CCNC(=O)CNCc1c(Cl)c(C)nn1C. The van der Waals surface area contributed by atoms with Crippen LogP contribution in [0.15, 0.2) is 0 Å². The maximum atomic E-state index is 11.2. The van der Waals surface area contributed by atoms with Gasteiger partial charge in [0.1, 0.15) is 0 Å². The molecule has 16 heavy (non-hydrogen) atoms. The monoisotopic (exact) mass is 244 g/mol. The van der Waals surface area contributed by atoms with Gasteiger partial charge in [-0.15, -0.1) is 0 Å². The van der Waals surface area contributed by atoms with Gasteiger partial charge in [0.15, 0.2) is 0 Å². The molecule has 0 spiro atoms. The van der Waals surface area contributed by atoms with Crippen LogP contribution in [0, 0.1) is 6.92 Å². The number of halogens is 1. The van der Waals surface area contributed by atoms with Crippen LogP contribution in [0.2, 0.25) is 5.02 Å². The zero-order valence-electron chi connectivity index (χ0n) is 9.80. The number of amides is 1. The number of hydrogen-bond donors (Lipinski definition) is 2. The number of carbonyl (C=O) groups is 1. The third-order valence-electron chi connectivity index (χ3n) is 2.21. The Morgan fingerprint density at radius 1 is 1.56 bits per heavy atom. The molecule has 0 radical (unpaired) electrons. The zero-order valence-corrected chi connectivity index (χ0v) is 10.6. The number of carbonyl (C=O) groups excluding carboxylic acids is 1. The van der Waals surface area contributed by atoms with Gasteiger partial charge < -0.3 is 10.6 Å². The van der Waals surface area contributed by atoms with E-state index in [1.54, 1.807) is 4.68 Å². The van der Waals surface area contributed by atoms with Crippen molar-refractivity contribution >= 4 is 17.5 Å². The van der Waals surface area contributed by atoms with Gasteiger partial charge in [0.25, 0.3) is 0 Å². The number of nitrogens with one attached hydrogen (secondary N) is 2. The van der Waals surface area contributed by atoms with E-state index in [1.165, 1.54) is 0 Å². The van der Waals surface area contributed by atoms with Crippen molar-refractivity contribution < 1.29 is 4.79 Å². The highest BCUT2D eigenvalue weighted by Crippen LogP contribution is 2.18. The number of aromatic nitrogens is 2. The Kier molecular flexibility index (Phi) is 4.76. The fraction of sp³-hybridized carbons (Fsp3) is 0.600. The number of likely N-dealkylation sites (N-methyl/N-ethyl adjacent to an activating group) is 1. The van der Waals surface area contributed by atoms with Crippen LogP contribution in [0.4, 0.5) is 0 Å². The third kappa shape index (κ3) is 3.21. The Balaban J connectivity index is 2.46. The quantitative estimate of drug-likeness (QED) is 0.798. The summed E-state index contributed by atoms with van der Waals surface area (Å²) in [4.78, 5) is 11.2. The van der Waals surface area contributed by atoms with E-state index < -0.39 is 0 Å². The lowest BCUT2D eigenvalue weighted by Crippen LogP contribution is -2.33. The van der Waals surface area contributed by atoms with Gasteiger partial charge in [0.05, 0.1) is 23.0 Å². The Morgan fingerprint density at radius 3 is 2.75 bits per heavy atom. The molecule has 0 aliphatic heterocycles. The van der Waals surface area contributed by atoms with E-state index in [4.69, 9.17) is 11.6 Å². The summed E-state index contributed by atoms with van der Waals surface area (Å²) in [6, 6.07) is 0. The van der Waals surface area contributed by atoms with Crippen molar-refractivity contribution in [1.29, 1.82) is 0 Å². The van der Waals surface area contributed by atoms with E-state index in [0.717, 1.165) is 11.4 Å². The molecule has 1 amide bonds. The summed E-state index contributed by atoms with van der Waals surface area (Å²) in [6.45, 7) is 5.21. The lowest BCUT2D eigenvalue weighted by Gasteiger charge is -2.05. The van der Waals surface area contributed by atoms with Crippen LogP contribution in [-0.2, 0) is 18.4 Å². The molecule has 1 aromatic heterocycles. The summed E-state index contributed by atoms with van der Waals surface area (Å²) >= 11 is 6.07. The molecule has 0 aliphatic rings. The summed E-state index contributed by atoms with van der Waals surface area (Å²) in [5.41, 5.74) is 1.70. The number of nitrogens with zero attached hydrogens (tertiary/aromatic N) is 2. The van der Waals surface area contributed by atoms with Gasteiger partial charge in [-0.05, 0) is 13.8 Å². The lowest BCUT2D eigenvalue weighted by atomic mass is 10.3. The molecule has 1 aromatic rings. The van der Waals surface area contributed by atoms with E-state index in [-0.39, 0.29) is 12.5 Å². The highest BCUT2D eigenvalue weighted by atomic mass is 35.5. The Morgan fingerprint density at radius 2 is 2.25 bits per heavy atom. The van der Waals surface area contributed by atoms with Crippen LogP contribution < -0.4 is 10.6 Å². The third-order valence-corrected chi connectivity index (χ3v) is 2.71. The predicted molar refractivity (Wildman–Crippen MR) is 63.3 cm³/mol. The first-order valence-corrected chi connectivity index (χ1v) is 5.59. The second-order valence-corrected chi connectivity index (χ2v) is 3.90. The van der Waals surface area contributed by atoms with Crippen LogP contribution in [0.25, 0.3) is 0 Å². The fourth-order valence-corrected chi connectivity index (χ4v) is 1.65. The Bertz CT molecular complexity index is 375. The number of hydrogen-bond acceptors (Lipinski definition) is 3. The van der Waals surface area contributed by atoms with Crippen LogP contribution in [0.5, 0.6) is 0 Å². The molecular formula is C10H17ClN4O. The maximum absolute atomic E-state index is 11.2. The van der Waals surface area contributed by atoms with Crippen molar-refractivity contribution in [2.45, 2.75) is 20.4 Å². The fourth-order valence-electron chi connectivity index (χ4n) is 1.43. The Labute approximate surface area is 100 Å². The van der Waals surface area contributed by atoms with Gasteiger partial charge >= 0.3 is 0 Å². The second-order valence-electron chi connectivity index (χ2n) is 3.53. The molecule has 0 aliphatic carbocycles. The van der Waals surface area contributed by atoms with Crippen molar-refractivity contribution in [3.05, 3.63) is 16.4 Å². The minimum Gasteiger partial charge on any atom is -0.355 e. The highest BCUT2D eigenvalue weighted by molar-refractivity contribution is 6.31. The van der Waals surface area contributed by atoms with Crippen molar-refractivity contribution in [2.75, 3.05) is 13.1 Å². The zero-order chi connectivity index (χ0) is 12.1. The van der Waals surface area contributed by atoms with E-state index in [0.29, 0.717) is 18.1 Å². The molecule has 90 valence electrons. The summed E-state index contributed by atoms with van der Waals surface area (Å²) in [5, 5.41) is 10.6. The van der Waals surface area contributed by atoms with Crippen molar-refractivity contribution in [1.82, 2.24) is 20.4 Å². The van der Waals surface area contributed by atoms with Gasteiger partial charge in [-0.2, -0.15) is 5.10 Å².